The van der Waals surface area contributed by atoms with Crippen LogP contribution in [0.3, 0.4) is 0 Å². The largest absolute Gasteiger partial charge is 0.385 e. The summed E-state index contributed by atoms with van der Waals surface area (Å²) in [5.74, 6) is 0. The third kappa shape index (κ3) is 0.692. The number of epoxide rings is 2. The van der Waals surface area contributed by atoms with Crippen LogP contribution in [0, 0.1) is 0 Å². The molecule has 14 heavy (non-hydrogen) atoms. The predicted octanol–water partition coefficient (Wildman–Crippen LogP) is -0.165. The summed E-state index contributed by atoms with van der Waals surface area (Å²) in [6.07, 6.45) is 2.12. The zero-order valence-electron chi connectivity index (χ0n) is 8.10. The normalized spacial score (nSPS) is 69.0. The first-order valence-electron chi connectivity index (χ1n) is 5.33. The third-order valence-corrected chi connectivity index (χ3v) is 4.18. The van der Waals surface area contributed by atoms with E-state index in [0.717, 1.165) is 19.4 Å². The second kappa shape index (κ2) is 2.02. The third-order valence-electron chi connectivity index (χ3n) is 4.18. The van der Waals surface area contributed by atoms with Crippen molar-refractivity contribution < 1.29 is 19.3 Å². The van der Waals surface area contributed by atoms with Gasteiger partial charge in [-0.2, -0.15) is 0 Å². The molecular formula is C10H14O4. The summed E-state index contributed by atoms with van der Waals surface area (Å²) >= 11 is 0. The van der Waals surface area contributed by atoms with Crippen molar-refractivity contribution in [1.29, 1.82) is 0 Å². The number of hydrogen-bond acceptors (Lipinski definition) is 4. The summed E-state index contributed by atoms with van der Waals surface area (Å²) in [5.41, 5.74) is -1.01. The Morgan fingerprint density at radius 2 is 1.79 bits per heavy atom. The number of hydrogen-bond donors (Lipinski definition) is 1. The van der Waals surface area contributed by atoms with Crippen molar-refractivity contribution in [3.05, 3.63) is 0 Å². The van der Waals surface area contributed by atoms with Crippen LogP contribution >= 0.6 is 0 Å². The second-order valence-corrected chi connectivity index (χ2v) is 5.09. The molecule has 0 amide bonds. The molecule has 6 atom stereocenters. The van der Waals surface area contributed by atoms with Gasteiger partial charge in [0.15, 0.2) is 0 Å². The lowest BCUT2D eigenvalue weighted by Gasteiger charge is -2.31. The van der Waals surface area contributed by atoms with E-state index in [-0.39, 0.29) is 30.0 Å². The standard InChI is InChI=1S/C10H14O4/c1-9(11)5-7(13-5)10(3-2-4-12-10)8-6(9)14-8/h5-8,11H,2-4H2,1H3/t5-,6+,7+,8-,9?,10?. The molecule has 1 spiro atoms. The Balaban J connectivity index is 1.74. The van der Waals surface area contributed by atoms with Gasteiger partial charge in [-0.1, -0.05) is 0 Å². The lowest BCUT2D eigenvalue weighted by molar-refractivity contribution is -0.0440. The maximum absolute atomic E-state index is 10.1. The van der Waals surface area contributed by atoms with Crippen molar-refractivity contribution in [2.45, 2.75) is 55.4 Å². The molecule has 0 bridgehead atoms. The van der Waals surface area contributed by atoms with Crippen molar-refractivity contribution in [3.63, 3.8) is 0 Å². The summed E-state index contributed by atoms with van der Waals surface area (Å²) < 4.78 is 17.0. The lowest BCUT2D eigenvalue weighted by Crippen LogP contribution is -2.54. The number of ether oxygens (including phenoxy) is 3. The summed E-state index contributed by atoms with van der Waals surface area (Å²) in [6, 6.07) is 0. The van der Waals surface area contributed by atoms with Gasteiger partial charge >= 0.3 is 0 Å². The second-order valence-electron chi connectivity index (χ2n) is 5.09. The van der Waals surface area contributed by atoms with Crippen molar-refractivity contribution in [2.75, 3.05) is 6.61 Å². The van der Waals surface area contributed by atoms with Crippen LogP contribution < -0.4 is 0 Å². The monoisotopic (exact) mass is 198 g/mol. The number of aliphatic hydroxyl groups is 1. The van der Waals surface area contributed by atoms with E-state index in [1.54, 1.807) is 0 Å². The first kappa shape index (κ1) is 8.05. The Labute approximate surface area is 82.1 Å². The van der Waals surface area contributed by atoms with E-state index in [1.807, 2.05) is 6.92 Å². The number of fused-ring (bicyclic) bond motifs is 4. The van der Waals surface area contributed by atoms with Gasteiger partial charge in [0.05, 0.1) is 0 Å². The summed E-state index contributed by atoms with van der Waals surface area (Å²) in [7, 11) is 0. The highest BCUT2D eigenvalue weighted by Gasteiger charge is 2.80. The Bertz CT molecular complexity index is 272. The highest BCUT2D eigenvalue weighted by Crippen LogP contribution is 2.61. The van der Waals surface area contributed by atoms with E-state index in [2.05, 4.69) is 0 Å². The van der Waals surface area contributed by atoms with E-state index in [4.69, 9.17) is 14.2 Å². The Morgan fingerprint density at radius 3 is 2.29 bits per heavy atom. The first-order valence-corrected chi connectivity index (χ1v) is 5.33. The smallest absolute Gasteiger partial charge is 0.126 e. The van der Waals surface area contributed by atoms with Crippen molar-refractivity contribution >= 4 is 0 Å². The first-order chi connectivity index (χ1) is 6.66. The van der Waals surface area contributed by atoms with Gasteiger partial charge in [0.1, 0.15) is 35.6 Å². The minimum Gasteiger partial charge on any atom is -0.385 e. The molecule has 0 radical (unpaired) electrons. The van der Waals surface area contributed by atoms with Crippen LogP contribution in [0.15, 0.2) is 0 Å². The zero-order chi connectivity index (χ0) is 9.55. The fraction of sp³-hybridized carbons (Fsp3) is 1.00. The molecule has 4 fully saturated rings. The molecule has 4 nitrogen and oxygen atoms in total. The van der Waals surface area contributed by atoms with E-state index < -0.39 is 5.60 Å². The molecule has 3 aliphatic heterocycles. The molecule has 0 aromatic rings. The van der Waals surface area contributed by atoms with E-state index in [9.17, 15) is 5.11 Å². The van der Waals surface area contributed by atoms with Gasteiger partial charge in [-0.05, 0) is 19.8 Å². The molecule has 1 saturated carbocycles. The molecule has 1 N–H and O–H groups in total. The highest BCUT2D eigenvalue weighted by molar-refractivity contribution is 5.28. The molecule has 4 aliphatic rings. The average Bonchev–Trinajstić information content (AvgIpc) is 3.02. The van der Waals surface area contributed by atoms with Crippen LogP contribution in [-0.2, 0) is 14.2 Å². The Kier molecular flexibility index (Phi) is 1.16. The minimum atomic E-state index is -0.799. The van der Waals surface area contributed by atoms with Crippen LogP contribution in [0.5, 0.6) is 0 Å². The molecule has 2 unspecified atom stereocenters. The summed E-state index contributed by atoms with van der Waals surface area (Å²) in [5, 5.41) is 10.1. The van der Waals surface area contributed by atoms with Crippen LogP contribution in [-0.4, -0.2) is 47.3 Å². The minimum absolute atomic E-state index is 0.0654. The van der Waals surface area contributed by atoms with E-state index >= 15 is 0 Å². The zero-order valence-corrected chi connectivity index (χ0v) is 8.10. The van der Waals surface area contributed by atoms with Crippen molar-refractivity contribution in [1.82, 2.24) is 0 Å². The van der Waals surface area contributed by atoms with Crippen LogP contribution in [0.2, 0.25) is 0 Å². The molecule has 78 valence electrons. The Hall–Kier alpha value is -0.160. The average molecular weight is 198 g/mol. The SMILES string of the molecule is CC1(O)[C@@H]2O[C@@H]2C2(CCCO2)[C@@H]2O[C@@H]21. The van der Waals surface area contributed by atoms with Gasteiger partial charge in [-0.3, -0.25) is 0 Å². The molecule has 4 heteroatoms. The van der Waals surface area contributed by atoms with E-state index in [1.165, 1.54) is 0 Å². The molecule has 3 heterocycles. The molecule has 0 aromatic carbocycles. The maximum atomic E-state index is 10.1. The topological polar surface area (TPSA) is 54.5 Å². The molecule has 4 rings (SSSR count). The van der Waals surface area contributed by atoms with Crippen molar-refractivity contribution in [3.8, 4) is 0 Å². The molecule has 0 aromatic heterocycles. The van der Waals surface area contributed by atoms with Crippen LogP contribution in [0.1, 0.15) is 19.8 Å². The fourth-order valence-electron chi connectivity index (χ4n) is 3.31. The van der Waals surface area contributed by atoms with Crippen molar-refractivity contribution in [2.24, 2.45) is 0 Å². The fourth-order valence-corrected chi connectivity index (χ4v) is 3.31. The van der Waals surface area contributed by atoms with E-state index in [0.29, 0.717) is 0 Å². The highest BCUT2D eigenvalue weighted by atomic mass is 16.7. The van der Waals surface area contributed by atoms with Gasteiger partial charge in [0.25, 0.3) is 0 Å². The van der Waals surface area contributed by atoms with Gasteiger partial charge in [0, 0.05) is 6.61 Å². The van der Waals surface area contributed by atoms with Gasteiger partial charge < -0.3 is 19.3 Å². The number of rotatable bonds is 0. The lowest BCUT2D eigenvalue weighted by atomic mass is 9.76. The molecule has 3 saturated heterocycles. The van der Waals surface area contributed by atoms with Crippen LogP contribution in [0.4, 0.5) is 0 Å². The van der Waals surface area contributed by atoms with Gasteiger partial charge in [-0.25, -0.2) is 0 Å². The van der Waals surface area contributed by atoms with Crippen LogP contribution in [0.25, 0.3) is 0 Å². The summed E-state index contributed by atoms with van der Waals surface area (Å²) in [6.45, 7) is 2.62. The van der Waals surface area contributed by atoms with Gasteiger partial charge in [-0.15, -0.1) is 0 Å². The Morgan fingerprint density at radius 1 is 1.14 bits per heavy atom. The molecular weight excluding hydrogens is 184 g/mol. The predicted molar refractivity (Wildman–Crippen MR) is 45.9 cm³/mol. The quantitative estimate of drug-likeness (QED) is 0.549. The molecule has 1 aliphatic carbocycles. The van der Waals surface area contributed by atoms with Gasteiger partial charge in [0.2, 0.25) is 0 Å². The maximum Gasteiger partial charge on any atom is 0.126 e. The summed E-state index contributed by atoms with van der Waals surface area (Å²) in [4.78, 5) is 0.